The van der Waals surface area contributed by atoms with Crippen molar-refractivity contribution in [3.05, 3.63) is 0 Å². The Labute approximate surface area is 143 Å². The third kappa shape index (κ3) is 3.27. The van der Waals surface area contributed by atoms with Crippen LogP contribution in [0.5, 0.6) is 0 Å². The van der Waals surface area contributed by atoms with Crippen molar-refractivity contribution >= 4 is 17.8 Å². The zero-order valence-corrected chi connectivity index (χ0v) is 14.2. The highest BCUT2D eigenvalue weighted by atomic mass is 19.4. The van der Waals surface area contributed by atoms with Crippen LogP contribution in [0, 0.1) is 23.2 Å². The molecule has 0 saturated heterocycles. The van der Waals surface area contributed by atoms with E-state index in [2.05, 4.69) is 5.32 Å². The standard InChI is InChI=1S/C17H22F3NO4/c1-9(17(18,19)20)13(23)25-16-6-11-3-12(7-16)5-15(4-11,8-16)14(24)21-10(2)22/h9,11-12H,3-8H2,1-2H3,(H,21,22,24). The Hall–Kier alpha value is -1.60. The van der Waals surface area contributed by atoms with Crippen molar-refractivity contribution in [3.63, 3.8) is 0 Å². The minimum absolute atomic E-state index is 0.132. The van der Waals surface area contributed by atoms with Crippen molar-refractivity contribution in [2.75, 3.05) is 0 Å². The average Bonchev–Trinajstić information content (AvgIpc) is 2.42. The molecule has 0 radical (unpaired) electrons. The Morgan fingerprint density at radius 3 is 2.16 bits per heavy atom. The van der Waals surface area contributed by atoms with E-state index in [1.165, 1.54) is 6.92 Å². The Morgan fingerprint density at radius 1 is 1.12 bits per heavy atom. The van der Waals surface area contributed by atoms with Crippen molar-refractivity contribution < 1.29 is 32.3 Å². The minimum atomic E-state index is -4.65. The normalized spacial score (nSPS) is 37.5. The topological polar surface area (TPSA) is 72.5 Å². The second-order valence-corrected chi connectivity index (χ2v) is 8.12. The molecule has 1 N–H and O–H groups in total. The summed E-state index contributed by atoms with van der Waals surface area (Å²) in [5, 5.41) is 2.32. The number of esters is 1. The third-order valence-corrected chi connectivity index (χ3v) is 5.94. The summed E-state index contributed by atoms with van der Waals surface area (Å²) in [5.74, 6) is -4.06. The van der Waals surface area contributed by atoms with Gasteiger partial charge in [-0.1, -0.05) is 0 Å². The molecule has 3 unspecified atom stereocenters. The first kappa shape index (κ1) is 18.2. The van der Waals surface area contributed by atoms with Gasteiger partial charge in [-0.25, -0.2) is 0 Å². The van der Waals surface area contributed by atoms with Gasteiger partial charge in [0.05, 0.1) is 5.41 Å². The van der Waals surface area contributed by atoms with Crippen LogP contribution in [0.1, 0.15) is 52.4 Å². The first-order valence-corrected chi connectivity index (χ1v) is 8.56. The minimum Gasteiger partial charge on any atom is -0.459 e. The van der Waals surface area contributed by atoms with Crippen LogP contribution in [0.2, 0.25) is 0 Å². The second-order valence-electron chi connectivity index (χ2n) is 8.12. The molecule has 4 aliphatic rings. The Morgan fingerprint density at radius 2 is 1.68 bits per heavy atom. The number of rotatable bonds is 3. The van der Waals surface area contributed by atoms with Crippen LogP contribution in [0.3, 0.4) is 0 Å². The van der Waals surface area contributed by atoms with E-state index >= 15 is 0 Å². The van der Waals surface area contributed by atoms with E-state index in [0.717, 1.165) is 13.3 Å². The number of hydrogen-bond donors (Lipinski definition) is 1. The van der Waals surface area contributed by atoms with Crippen LogP contribution in [0.4, 0.5) is 13.2 Å². The lowest BCUT2D eigenvalue weighted by atomic mass is 9.47. The number of carbonyl (C=O) groups excluding carboxylic acids is 3. The predicted molar refractivity (Wildman–Crippen MR) is 80.0 cm³/mol. The lowest BCUT2D eigenvalue weighted by molar-refractivity contribution is -0.226. The van der Waals surface area contributed by atoms with Crippen molar-refractivity contribution in [2.45, 2.75) is 64.1 Å². The molecule has 3 atom stereocenters. The second kappa shape index (κ2) is 5.71. The summed E-state index contributed by atoms with van der Waals surface area (Å²) < 4.78 is 43.8. The van der Waals surface area contributed by atoms with Crippen LogP contribution >= 0.6 is 0 Å². The van der Waals surface area contributed by atoms with Gasteiger partial charge in [-0.3, -0.25) is 19.7 Å². The van der Waals surface area contributed by atoms with Gasteiger partial charge in [0.2, 0.25) is 11.8 Å². The average molecular weight is 361 g/mol. The number of nitrogens with one attached hydrogen (secondary N) is 1. The van der Waals surface area contributed by atoms with Crippen LogP contribution < -0.4 is 5.32 Å². The van der Waals surface area contributed by atoms with Gasteiger partial charge in [-0.2, -0.15) is 13.2 Å². The summed E-state index contributed by atoms with van der Waals surface area (Å²) in [5.41, 5.74) is -1.84. The first-order valence-electron chi connectivity index (χ1n) is 8.56. The molecule has 4 aliphatic carbocycles. The van der Waals surface area contributed by atoms with Crippen molar-refractivity contribution in [2.24, 2.45) is 23.2 Å². The maximum atomic E-state index is 12.8. The molecule has 0 aliphatic heterocycles. The van der Waals surface area contributed by atoms with Crippen molar-refractivity contribution in [3.8, 4) is 0 Å². The molecular weight excluding hydrogens is 339 g/mol. The Kier molecular flexibility index (Phi) is 4.15. The van der Waals surface area contributed by atoms with E-state index in [-0.39, 0.29) is 18.3 Å². The van der Waals surface area contributed by atoms with E-state index in [1.54, 1.807) is 0 Å². The molecule has 4 fully saturated rings. The number of hydrogen-bond acceptors (Lipinski definition) is 4. The van der Waals surface area contributed by atoms with Crippen LogP contribution in [0.15, 0.2) is 0 Å². The smallest absolute Gasteiger partial charge is 0.401 e. The van der Waals surface area contributed by atoms with Gasteiger partial charge < -0.3 is 4.74 Å². The zero-order chi connectivity index (χ0) is 18.6. The highest BCUT2D eigenvalue weighted by molar-refractivity contribution is 5.97. The molecule has 0 aromatic rings. The van der Waals surface area contributed by atoms with E-state index in [1.807, 2.05) is 0 Å². The van der Waals surface area contributed by atoms with Gasteiger partial charge in [-0.15, -0.1) is 0 Å². The van der Waals surface area contributed by atoms with Crippen LogP contribution in [0.25, 0.3) is 0 Å². The number of imide groups is 1. The number of ether oxygens (including phenoxy) is 1. The molecule has 140 valence electrons. The van der Waals surface area contributed by atoms with Gasteiger partial charge in [0.15, 0.2) is 0 Å². The predicted octanol–water partition coefficient (Wildman–Crippen LogP) is 2.73. The molecule has 5 nitrogen and oxygen atoms in total. The lowest BCUT2D eigenvalue weighted by Crippen LogP contribution is -2.62. The summed E-state index contributed by atoms with van der Waals surface area (Å²) in [7, 11) is 0. The van der Waals surface area contributed by atoms with Gasteiger partial charge in [-0.05, 0) is 50.9 Å². The summed E-state index contributed by atoms with van der Waals surface area (Å²) in [4.78, 5) is 35.9. The highest BCUT2D eigenvalue weighted by Gasteiger charge is 2.63. The third-order valence-electron chi connectivity index (χ3n) is 5.94. The molecule has 0 heterocycles. The molecule has 0 aromatic heterocycles. The monoisotopic (exact) mass is 361 g/mol. The van der Waals surface area contributed by atoms with E-state index < -0.39 is 40.9 Å². The Bertz CT molecular complexity index is 602. The van der Waals surface area contributed by atoms with Crippen molar-refractivity contribution in [1.82, 2.24) is 5.32 Å². The zero-order valence-electron chi connectivity index (χ0n) is 14.2. The lowest BCUT2D eigenvalue weighted by Gasteiger charge is -2.60. The largest absolute Gasteiger partial charge is 0.459 e. The molecule has 25 heavy (non-hydrogen) atoms. The number of alkyl halides is 3. The molecule has 4 saturated carbocycles. The quantitative estimate of drug-likeness (QED) is 0.785. The number of carbonyl (C=O) groups is 3. The molecule has 4 bridgehead atoms. The van der Waals surface area contributed by atoms with Crippen molar-refractivity contribution in [1.29, 1.82) is 0 Å². The van der Waals surface area contributed by atoms with Crippen LogP contribution in [-0.2, 0) is 19.1 Å². The molecule has 0 aromatic carbocycles. The number of halogens is 3. The summed E-state index contributed by atoms with van der Waals surface area (Å²) in [6.45, 7) is 2.04. The fraction of sp³-hybridized carbons (Fsp3) is 0.824. The highest BCUT2D eigenvalue weighted by Crippen LogP contribution is 2.63. The molecule has 8 heteroatoms. The van der Waals surface area contributed by atoms with Gasteiger partial charge in [0, 0.05) is 13.3 Å². The van der Waals surface area contributed by atoms with E-state index in [4.69, 9.17) is 4.74 Å². The maximum Gasteiger partial charge on any atom is 0.401 e. The molecular formula is C17H22F3NO4. The summed E-state index contributed by atoms with van der Waals surface area (Å²) >= 11 is 0. The van der Waals surface area contributed by atoms with Gasteiger partial charge >= 0.3 is 12.1 Å². The SMILES string of the molecule is CC(=O)NC(=O)C12CC3CC(CC(OC(=O)C(C)C(F)(F)F)(C3)C1)C2. The summed E-state index contributed by atoms with van der Waals surface area (Å²) in [6, 6.07) is 0. The van der Waals surface area contributed by atoms with Crippen LogP contribution in [-0.4, -0.2) is 29.6 Å². The molecule has 2 amide bonds. The fourth-order valence-electron chi connectivity index (χ4n) is 5.29. The van der Waals surface area contributed by atoms with E-state index in [0.29, 0.717) is 25.7 Å². The maximum absolute atomic E-state index is 12.8. The summed E-state index contributed by atoms with van der Waals surface area (Å²) in [6.07, 6.45) is -1.38. The fourth-order valence-corrected chi connectivity index (χ4v) is 5.29. The first-order chi connectivity index (χ1) is 11.4. The Balaban J connectivity index is 1.82. The van der Waals surface area contributed by atoms with E-state index in [9.17, 15) is 27.6 Å². The number of amides is 2. The molecule has 0 spiro atoms. The van der Waals surface area contributed by atoms with Gasteiger partial charge in [0.1, 0.15) is 11.5 Å². The molecule has 4 rings (SSSR count). The van der Waals surface area contributed by atoms with Gasteiger partial charge in [0.25, 0.3) is 0 Å².